The van der Waals surface area contributed by atoms with Crippen LogP contribution in [0.1, 0.15) is 42.9 Å². The molecule has 0 aliphatic carbocycles. The van der Waals surface area contributed by atoms with Crippen LogP contribution in [0.5, 0.6) is 0 Å². The monoisotopic (exact) mass is 360 g/mol. The van der Waals surface area contributed by atoms with Crippen LogP contribution in [0.3, 0.4) is 0 Å². The number of amides is 1. The van der Waals surface area contributed by atoms with E-state index in [9.17, 15) is 9.59 Å². The van der Waals surface area contributed by atoms with Gasteiger partial charge in [-0.3, -0.25) is 14.6 Å². The summed E-state index contributed by atoms with van der Waals surface area (Å²) in [6, 6.07) is 14.9. The summed E-state index contributed by atoms with van der Waals surface area (Å²) < 4.78 is 0. The maximum absolute atomic E-state index is 12.2. The van der Waals surface area contributed by atoms with Crippen LogP contribution in [0.25, 0.3) is 0 Å². The van der Waals surface area contributed by atoms with Gasteiger partial charge in [0.2, 0.25) is 5.91 Å². The zero-order chi connectivity index (χ0) is 19.2. The second-order valence-electron chi connectivity index (χ2n) is 6.32. The molecule has 0 spiro atoms. The molecule has 0 saturated carbocycles. The molecule has 3 rings (SSSR count). The molecule has 1 atom stereocenters. The van der Waals surface area contributed by atoms with Gasteiger partial charge in [0, 0.05) is 29.5 Å². The summed E-state index contributed by atoms with van der Waals surface area (Å²) in [5.74, 6) is 5.13. The number of anilines is 1. The molecule has 0 radical (unpaired) electrons. The number of carbonyl (C=O) groups is 2. The molecule has 0 aromatic heterocycles. The zero-order valence-electron chi connectivity index (χ0n) is 15.0. The third-order valence-electron chi connectivity index (χ3n) is 4.21. The van der Waals surface area contributed by atoms with E-state index in [4.69, 9.17) is 5.11 Å². The molecule has 0 unspecified atom stereocenters. The highest BCUT2D eigenvalue weighted by molar-refractivity contribution is 6.19. The first kappa shape index (κ1) is 18.4. The number of aliphatic imine (C=N–C) groups is 1. The summed E-state index contributed by atoms with van der Waals surface area (Å²) in [5.41, 5.74) is 4.04. The molecule has 0 bridgehead atoms. The summed E-state index contributed by atoms with van der Waals surface area (Å²) in [6.45, 7) is 1.77. The number of carboxylic acids is 1. The van der Waals surface area contributed by atoms with E-state index < -0.39 is 12.0 Å². The highest BCUT2D eigenvalue weighted by Gasteiger charge is 2.22. The van der Waals surface area contributed by atoms with Gasteiger partial charge in [-0.05, 0) is 31.5 Å². The molecule has 2 aromatic rings. The van der Waals surface area contributed by atoms with E-state index in [0.717, 1.165) is 22.4 Å². The van der Waals surface area contributed by atoms with E-state index in [2.05, 4.69) is 22.2 Å². The summed E-state index contributed by atoms with van der Waals surface area (Å²) in [7, 11) is 0. The fourth-order valence-electron chi connectivity index (χ4n) is 2.80. The number of nitrogens with zero attached hydrogens (tertiary/aromatic N) is 1. The summed E-state index contributed by atoms with van der Waals surface area (Å²) in [4.78, 5) is 27.4. The molecule has 27 heavy (non-hydrogen) atoms. The van der Waals surface area contributed by atoms with E-state index in [-0.39, 0.29) is 12.3 Å². The molecule has 1 aliphatic heterocycles. The standard InChI is InChI=1S/C22H20N2O3/c1-15-22(27)24-19-13-12-16(8-4-2-7-11-20(25)26)14-18(19)21(23-15)17-9-5-3-6-10-17/h3,5-6,9-10,12-15H,2,7,11H2,1H3,(H,24,27)(H,25,26)/t15-/m0/s1. The highest BCUT2D eigenvalue weighted by Crippen LogP contribution is 2.25. The van der Waals surface area contributed by atoms with Crippen molar-refractivity contribution < 1.29 is 14.7 Å². The van der Waals surface area contributed by atoms with Crippen LogP contribution < -0.4 is 5.32 Å². The Morgan fingerprint density at radius 1 is 1.22 bits per heavy atom. The van der Waals surface area contributed by atoms with Crippen molar-refractivity contribution >= 4 is 23.3 Å². The van der Waals surface area contributed by atoms with Gasteiger partial charge in [-0.25, -0.2) is 0 Å². The lowest BCUT2D eigenvalue weighted by Gasteiger charge is -2.10. The van der Waals surface area contributed by atoms with Crippen molar-refractivity contribution in [3.63, 3.8) is 0 Å². The molecule has 1 amide bonds. The number of fused-ring (bicyclic) bond motifs is 1. The largest absolute Gasteiger partial charge is 0.481 e. The Bertz CT molecular complexity index is 953. The molecule has 0 fully saturated rings. The second kappa shape index (κ2) is 8.33. The first-order chi connectivity index (χ1) is 13.0. The predicted molar refractivity (Wildman–Crippen MR) is 105 cm³/mol. The molecular weight excluding hydrogens is 340 g/mol. The third kappa shape index (κ3) is 4.62. The number of unbranched alkanes of at least 4 members (excludes halogenated alkanes) is 1. The van der Waals surface area contributed by atoms with Crippen molar-refractivity contribution in [3.05, 3.63) is 65.2 Å². The van der Waals surface area contributed by atoms with E-state index >= 15 is 0 Å². The normalized spacial score (nSPS) is 15.5. The second-order valence-corrected chi connectivity index (χ2v) is 6.32. The van der Waals surface area contributed by atoms with E-state index in [1.165, 1.54) is 0 Å². The average Bonchev–Trinajstić information content (AvgIpc) is 2.78. The number of hydrogen-bond donors (Lipinski definition) is 2. The SMILES string of the molecule is C[C@@H]1N=C(c2ccccc2)c2cc(C#CCCCC(=O)O)ccc2NC1=O. The Balaban J connectivity index is 1.94. The Labute approximate surface area is 158 Å². The Morgan fingerprint density at radius 3 is 2.74 bits per heavy atom. The average molecular weight is 360 g/mol. The lowest BCUT2D eigenvalue weighted by molar-refractivity contribution is -0.137. The van der Waals surface area contributed by atoms with Crippen LogP contribution in [0.2, 0.25) is 0 Å². The van der Waals surface area contributed by atoms with Crippen LogP contribution in [-0.2, 0) is 9.59 Å². The van der Waals surface area contributed by atoms with Gasteiger partial charge in [0.15, 0.2) is 0 Å². The van der Waals surface area contributed by atoms with Gasteiger partial charge in [-0.1, -0.05) is 42.2 Å². The maximum Gasteiger partial charge on any atom is 0.303 e. The number of rotatable bonds is 4. The Kier molecular flexibility index (Phi) is 5.68. The summed E-state index contributed by atoms with van der Waals surface area (Å²) in [5, 5.41) is 11.6. The predicted octanol–water partition coefficient (Wildman–Crippen LogP) is 3.47. The van der Waals surface area contributed by atoms with E-state index in [1.807, 2.05) is 48.5 Å². The zero-order valence-corrected chi connectivity index (χ0v) is 15.0. The molecule has 5 nitrogen and oxygen atoms in total. The molecule has 5 heteroatoms. The number of carbonyl (C=O) groups excluding carboxylic acids is 1. The number of carboxylic acid groups (broad SMARTS) is 1. The fourth-order valence-corrected chi connectivity index (χ4v) is 2.80. The topological polar surface area (TPSA) is 78.8 Å². The third-order valence-corrected chi connectivity index (χ3v) is 4.21. The fraction of sp³-hybridized carbons (Fsp3) is 0.227. The smallest absolute Gasteiger partial charge is 0.303 e. The van der Waals surface area contributed by atoms with Gasteiger partial charge in [-0.15, -0.1) is 0 Å². The first-order valence-electron chi connectivity index (χ1n) is 8.84. The Hall–Kier alpha value is -3.39. The van der Waals surface area contributed by atoms with Crippen LogP contribution in [0.4, 0.5) is 5.69 Å². The van der Waals surface area contributed by atoms with Gasteiger partial charge >= 0.3 is 5.97 Å². The summed E-state index contributed by atoms with van der Waals surface area (Å²) >= 11 is 0. The van der Waals surface area contributed by atoms with Crippen molar-refractivity contribution in [2.75, 3.05) is 5.32 Å². The number of nitrogens with one attached hydrogen (secondary N) is 1. The molecule has 1 aliphatic rings. The number of aliphatic carboxylic acids is 1. The van der Waals surface area contributed by atoms with Crippen LogP contribution in [-0.4, -0.2) is 28.7 Å². The summed E-state index contributed by atoms with van der Waals surface area (Å²) in [6.07, 6.45) is 1.17. The van der Waals surface area contributed by atoms with E-state index in [1.54, 1.807) is 6.92 Å². The lowest BCUT2D eigenvalue weighted by atomic mass is 9.98. The van der Waals surface area contributed by atoms with Gasteiger partial charge in [0.05, 0.1) is 11.4 Å². The molecule has 136 valence electrons. The maximum atomic E-state index is 12.2. The minimum atomic E-state index is -0.810. The van der Waals surface area contributed by atoms with Gasteiger partial charge in [0.25, 0.3) is 0 Å². The van der Waals surface area contributed by atoms with Crippen LogP contribution in [0, 0.1) is 11.8 Å². The minimum Gasteiger partial charge on any atom is -0.481 e. The molecule has 1 heterocycles. The van der Waals surface area contributed by atoms with Crippen molar-refractivity contribution in [1.82, 2.24) is 0 Å². The number of benzene rings is 2. The van der Waals surface area contributed by atoms with Crippen molar-refractivity contribution in [2.24, 2.45) is 4.99 Å². The van der Waals surface area contributed by atoms with Gasteiger partial charge in [0.1, 0.15) is 6.04 Å². The van der Waals surface area contributed by atoms with Crippen molar-refractivity contribution in [3.8, 4) is 11.8 Å². The van der Waals surface area contributed by atoms with Crippen molar-refractivity contribution in [2.45, 2.75) is 32.2 Å². The highest BCUT2D eigenvalue weighted by atomic mass is 16.4. The number of benzodiazepines with no additional fused rings is 1. The minimum absolute atomic E-state index is 0.119. The molecule has 2 aromatic carbocycles. The van der Waals surface area contributed by atoms with E-state index in [0.29, 0.717) is 18.5 Å². The molecule has 0 saturated heterocycles. The first-order valence-corrected chi connectivity index (χ1v) is 8.84. The van der Waals surface area contributed by atoms with Crippen molar-refractivity contribution in [1.29, 1.82) is 0 Å². The Morgan fingerprint density at radius 2 is 2.00 bits per heavy atom. The lowest BCUT2D eigenvalue weighted by Crippen LogP contribution is -2.22. The van der Waals surface area contributed by atoms with Gasteiger partial charge < -0.3 is 10.4 Å². The van der Waals surface area contributed by atoms with Crippen LogP contribution in [0.15, 0.2) is 53.5 Å². The van der Waals surface area contributed by atoms with Crippen LogP contribution >= 0.6 is 0 Å². The quantitative estimate of drug-likeness (QED) is 0.647. The van der Waals surface area contributed by atoms with Gasteiger partial charge in [-0.2, -0.15) is 0 Å². The molecule has 2 N–H and O–H groups in total. The number of hydrogen-bond acceptors (Lipinski definition) is 3. The molecular formula is C22H20N2O3.